The van der Waals surface area contributed by atoms with E-state index >= 15 is 0 Å². The third-order valence-corrected chi connectivity index (χ3v) is 5.11. The van der Waals surface area contributed by atoms with E-state index in [1.807, 2.05) is 30.3 Å². The first-order chi connectivity index (χ1) is 15.0. The smallest absolute Gasteiger partial charge is 0.268 e. The zero-order valence-electron chi connectivity index (χ0n) is 15.8. The van der Waals surface area contributed by atoms with Crippen LogP contribution in [0.4, 0.5) is 8.78 Å². The van der Waals surface area contributed by atoms with E-state index in [9.17, 15) is 13.6 Å². The van der Waals surface area contributed by atoms with Crippen LogP contribution in [0, 0.1) is 11.6 Å². The molecule has 8 heteroatoms. The number of para-hydroxylation sites is 1. The van der Waals surface area contributed by atoms with Crippen molar-refractivity contribution in [3.05, 3.63) is 106 Å². The Hall–Kier alpha value is -3.84. The fourth-order valence-corrected chi connectivity index (χ4v) is 3.53. The van der Waals surface area contributed by atoms with Crippen LogP contribution in [-0.2, 0) is 0 Å². The summed E-state index contributed by atoms with van der Waals surface area (Å²) in [5.41, 5.74) is 0.936. The molecular weight excluding hydrogens is 422 g/mol. The Kier molecular flexibility index (Phi) is 4.60. The molecule has 0 bridgehead atoms. The average Bonchev–Trinajstić information content (AvgIpc) is 3.20. The molecule has 5 nitrogen and oxygen atoms in total. The Balaban J connectivity index is 1.87. The summed E-state index contributed by atoms with van der Waals surface area (Å²) >= 11 is 6.01. The van der Waals surface area contributed by atoms with Crippen molar-refractivity contribution in [3.63, 3.8) is 0 Å². The molecule has 0 aliphatic carbocycles. The topological polar surface area (TPSA) is 52.7 Å². The molecule has 0 radical (unpaired) electrons. The van der Waals surface area contributed by atoms with Gasteiger partial charge in [0.15, 0.2) is 5.65 Å². The number of rotatable bonds is 3. The largest absolute Gasteiger partial charge is 0.269 e. The predicted octanol–water partition coefficient (Wildman–Crippen LogP) is 5.17. The number of benzene rings is 3. The summed E-state index contributed by atoms with van der Waals surface area (Å²) < 4.78 is 30.8. The van der Waals surface area contributed by atoms with E-state index in [2.05, 4.69) is 10.1 Å². The zero-order chi connectivity index (χ0) is 21.5. The predicted molar refractivity (Wildman–Crippen MR) is 115 cm³/mol. The van der Waals surface area contributed by atoms with E-state index in [1.54, 1.807) is 28.9 Å². The lowest BCUT2D eigenvalue weighted by Gasteiger charge is -2.14. The summed E-state index contributed by atoms with van der Waals surface area (Å²) in [5, 5.41) is 5.01. The van der Waals surface area contributed by atoms with E-state index in [0.29, 0.717) is 16.2 Å². The molecule has 0 saturated carbocycles. The van der Waals surface area contributed by atoms with Crippen LogP contribution in [0.2, 0.25) is 5.02 Å². The molecule has 0 fully saturated rings. The number of halogens is 3. The second-order valence-corrected chi connectivity index (χ2v) is 7.24. The highest BCUT2D eigenvalue weighted by molar-refractivity contribution is 6.30. The minimum absolute atomic E-state index is 0.113. The highest BCUT2D eigenvalue weighted by atomic mass is 35.5. The Morgan fingerprint density at radius 2 is 1.65 bits per heavy atom. The fourth-order valence-electron chi connectivity index (χ4n) is 3.40. The van der Waals surface area contributed by atoms with E-state index in [1.165, 1.54) is 12.3 Å². The van der Waals surface area contributed by atoms with Gasteiger partial charge in [-0.2, -0.15) is 5.10 Å². The van der Waals surface area contributed by atoms with E-state index in [4.69, 9.17) is 11.6 Å². The van der Waals surface area contributed by atoms with Crippen LogP contribution in [0.5, 0.6) is 0 Å². The first kappa shape index (κ1) is 19.1. The molecule has 0 saturated heterocycles. The molecule has 31 heavy (non-hydrogen) atoms. The van der Waals surface area contributed by atoms with Gasteiger partial charge in [-0.1, -0.05) is 29.8 Å². The Morgan fingerprint density at radius 1 is 0.903 bits per heavy atom. The summed E-state index contributed by atoms with van der Waals surface area (Å²) in [6.45, 7) is 0. The van der Waals surface area contributed by atoms with Gasteiger partial charge in [0.25, 0.3) is 5.56 Å². The van der Waals surface area contributed by atoms with Gasteiger partial charge in [0.05, 0.1) is 17.6 Å². The molecule has 0 amide bonds. The van der Waals surface area contributed by atoms with Crippen LogP contribution >= 0.6 is 11.6 Å². The Bertz CT molecular complexity index is 1480. The van der Waals surface area contributed by atoms with Crippen LogP contribution in [0.1, 0.15) is 0 Å². The lowest BCUT2D eigenvalue weighted by Crippen LogP contribution is -2.23. The zero-order valence-corrected chi connectivity index (χ0v) is 16.6. The van der Waals surface area contributed by atoms with Crippen LogP contribution in [0.25, 0.3) is 33.8 Å². The Morgan fingerprint density at radius 3 is 2.35 bits per heavy atom. The van der Waals surface area contributed by atoms with Gasteiger partial charge >= 0.3 is 0 Å². The summed E-state index contributed by atoms with van der Waals surface area (Å²) in [6.07, 6.45) is 1.39. The summed E-state index contributed by atoms with van der Waals surface area (Å²) in [7, 11) is 0. The van der Waals surface area contributed by atoms with Crippen LogP contribution in [-0.4, -0.2) is 19.3 Å². The minimum Gasteiger partial charge on any atom is -0.268 e. The van der Waals surface area contributed by atoms with E-state index < -0.39 is 17.2 Å². The maximum Gasteiger partial charge on any atom is 0.269 e. The normalized spacial score (nSPS) is 11.2. The summed E-state index contributed by atoms with van der Waals surface area (Å²) in [6, 6.07) is 18.9. The van der Waals surface area contributed by atoms with Gasteiger partial charge < -0.3 is 0 Å². The molecule has 0 spiro atoms. The maximum absolute atomic E-state index is 14.7. The van der Waals surface area contributed by atoms with Gasteiger partial charge in [-0.3, -0.25) is 9.36 Å². The van der Waals surface area contributed by atoms with Gasteiger partial charge in [0, 0.05) is 16.7 Å². The molecular formula is C23H13ClF2N4O. The van der Waals surface area contributed by atoms with Crippen molar-refractivity contribution in [1.82, 2.24) is 19.3 Å². The molecule has 0 atom stereocenters. The molecule has 0 aliphatic heterocycles. The number of hydrogen-bond acceptors (Lipinski definition) is 3. The second kappa shape index (κ2) is 7.45. The van der Waals surface area contributed by atoms with E-state index in [0.717, 1.165) is 22.4 Å². The monoisotopic (exact) mass is 434 g/mol. The average molecular weight is 435 g/mol. The van der Waals surface area contributed by atoms with Gasteiger partial charge in [-0.05, 0) is 48.5 Å². The highest BCUT2D eigenvalue weighted by Crippen LogP contribution is 2.26. The third kappa shape index (κ3) is 3.29. The summed E-state index contributed by atoms with van der Waals surface area (Å²) in [5.74, 6) is -1.44. The number of aromatic nitrogens is 4. The van der Waals surface area contributed by atoms with Crippen LogP contribution < -0.4 is 5.56 Å². The van der Waals surface area contributed by atoms with Gasteiger partial charge in [0.2, 0.25) is 0 Å². The van der Waals surface area contributed by atoms with Crippen molar-refractivity contribution in [3.8, 4) is 22.8 Å². The number of nitrogens with zero attached hydrogens (tertiary/aromatic N) is 4. The molecule has 3 aromatic carbocycles. The van der Waals surface area contributed by atoms with Crippen LogP contribution in [0.15, 0.2) is 83.8 Å². The number of fused-ring (bicyclic) bond motifs is 1. The van der Waals surface area contributed by atoms with Crippen molar-refractivity contribution in [1.29, 1.82) is 0 Å². The maximum atomic E-state index is 14.7. The molecule has 0 unspecified atom stereocenters. The summed E-state index contributed by atoms with van der Waals surface area (Å²) in [4.78, 5) is 18.1. The lowest BCUT2D eigenvalue weighted by atomic mass is 10.2. The van der Waals surface area contributed by atoms with Crippen molar-refractivity contribution in [2.45, 2.75) is 0 Å². The van der Waals surface area contributed by atoms with Gasteiger partial charge in [-0.15, -0.1) is 0 Å². The minimum atomic E-state index is -0.881. The number of hydrogen-bond donors (Lipinski definition) is 0. The standard InChI is InChI=1S/C23H13ClF2N4O/c24-15-8-6-14(7-9-15)21-28-22-18(13-27-30(22)17-4-2-1-3-5-17)23(31)29(21)20-11-10-16(25)12-19(20)26/h1-13H. The first-order valence-corrected chi connectivity index (χ1v) is 9.68. The van der Waals surface area contributed by atoms with Crippen LogP contribution in [0.3, 0.4) is 0 Å². The Labute approximate surface area is 179 Å². The molecule has 2 aromatic heterocycles. The van der Waals surface area contributed by atoms with Gasteiger partial charge in [0.1, 0.15) is 22.8 Å². The molecule has 0 aliphatic rings. The molecule has 0 N–H and O–H groups in total. The highest BCUT2D eigenvalue weighted by Gasteiger charge is 2.20. The van der Waals surface area contributed by atoms with Crippen molar-refractivity contribution in [2.75, 3.05) is 0 Å². The molecule has 5 aromatic rings. The third-order valence-electron chi connectivity index (χ3n) is 4.85. The van der Waals surface area contributed by atoms with E-state index in [-0.39, 0.29) is 16.9 Å². The second-order valence-electron chi connectivity index (χ2n) is 6.81. The SMILES string of the molecule is O=c1c2cnn(-c3ccccc3)c2nc(-c2ccc(Cl)cc2)n1-c1ccc(F)cc1F. The quantitative estimate of drug-likeness (QED) is 0.393. The van der Waals surface area contributed by atoms with Gasteiger partial charge in [-0.25, -0.2) is 18.4 Å². The van der Waals surface area contributed by atoms with Crippen molar-refractivity contribution in [2.24, 2.45) is 0 Å². The molecule has 2 heterocycles. The lowest BCUT2D eigenvalue weighted by molar-refractivity contribution is 0.577. The first-order valence-electron chi connectivity index (χ1n) is 9.30. The van der Waals surface area contributed by atoms with Crippen molar-refractivity contribution >= 4 is 22.6 Å². The molecule has 152 valence electrons. The molecule has 5 rings (SSSR count). The van der Waals surface area contributed by atoms with Crippen molar-refractivity contribution < 1.29 is 8.78 Å². The fraction of sp³-hybridized carbons (Fsp3) is 0.